The fourth-order valence-electron chi connectivity index (χ4n) is 2.59. The van der Waals surface area contributed by atoms with E-state index in [0.29, 0.717) is 11.4 Å². The van der Waals surface area contributed by atoms with Gasteiger partial charge < -0.3 is 14.8 Å². The minimum absolute atomic E-state index is 0.0257. The second-order valence-electron chi connectivity index (χ2n) is 6.61. The molecule has 0 bridgehead atoms. The lowest BCUT2D eigenvalue weighted by molar-refractivity contribution is -0.150. The van der Waals surface area contributed by atoms with Crippen LogP contribution in [0, 0.1) is 0 Å². The molecule has 1 atom stereocenters. The van der Waals surface area contributed by atoms with Gasteiger partial charge in [-0.2, -0.15) is 0 Å². The number of benzene rings is 1. The van der Waals surface area contributed by atoms with Crippen LogP contribution < -0.4 is 14.4 Å². The quantitative estimate of drug-likeness (QED) is 0.524. The van der Waals surface area contributed by atoms with Gasteiger partial charge in [-0.05, 0) is 49.1 Å². The summed E-state index contributed by atoms with van der Waals surface area (Å²) in [6.45, 7) is 3.19. The Bertz CT molecular complexity index is 927. The SMILES string of the molecule is CCCC(C)NC(=O)COC(=O)COc1ccc(N(C)S(=O)(=O)c2cccs2)cc1. The summed E-state index contributed by atoms with van der Waals surface area (Å²) >= 11 is 1.15. The summed E-state index contributed by atoms with van der Waals surface area (Å²) in [5.74, 6) is -0.656. The van der Waals surface area contributed by atoms with Crippen molar-refractivity contribution in [1.82, 2.24) is 5.32 Å². The zero-order chi connectivity index (χ0) is 22.1. The lowest BCUT2D eigenvalue weighted by Gasteiger charge is -2.18. The molecule has 0 aliphatic rings. The van der Waals surface area contributed by atoms with E-state index in [4.69, 9.17) is 9.47 Å². The molecule has 2 rings (SSSR count). The summed E-state index contributed by atoms with van der Waals surface area (Å²) in [6, 6.07) is 9.52. The molecule has 0 saturated carbocycles. The number of nitrogens with zero attached hydrogens (tertiary/aromatic N) is 1. The Morgan fingerprint density at radius 1 is 1.17 bits per heavy atom. The van der Waals surface area contributed by atoms with Crippen LogP contribution >= 0.6 is 11.3 Å². The number of nitrogens with one attached hydrogen (secondary N) is 1. The summed E-state index contributed by atoms with van der Waals surface area (Å²) < 4.78 is 36.7. The Morgan fingerprint density at radius 3 is 2.47 bits per heavy atom. The van der Waals surface area contributed by atoms with Gasteiger partial charge in [-0.25, -0.2) is 13.2 Å². The molecule has 8 nitrogen and oxygen atoms in total. The van der Waals surface area contributed by atoms with E-state index in [-0.39, 0.29) is 29.4 Å². The van der Waals surface area contributed by atoms with Crippen molar-refractivity contribution in [2.45, 2.75) is 36.9 Å². The Labute approximate surface area is 180 Å². The van der Waals surface area contributed by atoms with E-state index in [1.165, 1.54) is 11.4 Å². The fraction of sp³-hybridized carbons (Fsp3) is 0.400. The Balaban J connectivity index is 1.82. The minimum atomic E-state index is -3.62. The van der Waals surface area contributed by atoms with Crippen molar-refractivity contribution in [3.05, 3.63) is 41.8 Å². The fourth-order valence-corrected chi connectivity index (χ4v) is 4.94. The van der Waals surface area contributed by atoms with Gasteiger partial charge in [-0.3, -0.25) is 9.10 Å². The Hall–Kier alpha value is -2.59. The van der Waals surface area contributed by atoms with Crippen LogP contribution in [0.25, 0.3) is 0 Å². The van der Waals surface area contributed by atoms with Crippen LogP contribution in [0.5, 0.6) is 5.75 Å². The van der Waals surface area contributed by atoms with Crippen molar-refractivity contribution < 1.29 is 27.5 Å². The van der Waals surface area contributed by atoms with Crippen LogP contribution in [0.15, 0.2) is 46.0 Å². The largest absolute Gasteiger partial charge is 0.482 e. The number of ether oxygens (including phenoxy) is 2. The molecule has 0 radical (unpaired) electrons. The van der Waals surface area contributed by atoms with Crippen LogP contribution in [0.2, 0.25) is 0 Å². The molecule has 1 heterocycles. The minimum Gasteiger partial charge on any atom is -0.482 e. The summed E-state index contributed by atoms with van der Waals surface area (Å²) in [7, 11) is -2.15. The van der Waals surface area contributed by atoms with Crippen molar-refractivity contribution in [3.63, 3.8) is 0 Å². The first-order valence-electron chi connectivity index (χ1n) is 9.44. The molecular weight excluding hydrogens is 428 g/mol. The van der Waals surface area contributed by atoms with E-state index in [1.54, 1.807) is 41.8 Å². The first kappa shape index (κ1) is 23.7. The van der Waals surface area contributed by atoms with Gasteiger partial charge in [-0.1, -0.05) is 19.4 Å². The second kappa shape index (κ2) is 11.0. The highest BCUT2D eigenvalue weighted by Crippen LogP contribution is 2.26. The van der Waals surface area contributed by atoms with Crippen molar-refractivity contribution >= 4 is 38.9 Å². The molecule has 10 heteroatoms. The second-order valence-corrected chi connectivity index (χ2v) is 9.75. The highest BCUT2D eigenvalue weighted by atomic mass is 32.2. The van der Waals surface area contributed by atoms with Crippen molar-refractivity contribution in [2.24, 2.45) is 0 Å². The lowest BCUT2D eigenvalue weighted by Crippen LogP contribution is -2.36. The number of esters is 1. The number of thiophene rings is 1. The van der Waals surface area contributed by atoms with Crippen LogP contribution in [-0.4, -0.2) is 46.6 Å². The molecule has 1 unspecified atom stereocenters. The van der Waals surface area contributed by atoms with Gasteiger partial charge in [0.05, 0.1) is 5.69 Å². The van der Waals surface area contributed by atoms with Crippen molar-refractivity contribution in [1.29, 1.82) is 0 Å². The average Bonchev–Trinajstić information content (AvgIpc) is 3.26. The van der Waals surface area contributed by atoms with E-state index in [9.17, 15) is 18.0 Å². The first-order chi connectivity index (χ1) is 14.2. The third-order valence-electron chi connectivity index (χ3n) is 4.16. The van der Waals surface area contributed by atoms with Crippen molar-refractivity contribution in [3.8, 4) is 5.75 Å². The predicted molar refractivity (Wildman–Crippen MR) is 115 cm³/mol. The number of rotatable bonds is 11. The maximum atomic E-state index is 12.5. The van der Waals surface area contributed by atoms with E-state index in [2.05, 4.69) is 5.32 Å². The summed E-state index contributed by atoms with van der Waals surface area (Å²) in [6.07, 6.45) is 1.80. The molecule has 1 aromatic carbocycles. The molecule has 0 aliphatic heterocycles. The highest BCUT2D eigenvalue weighted by Gasteiger charge is 2.22. The average molecular weight is 455 g/mol. The van der Waals surface area contributed by atoms with Gasteiger partial charge in [0.15, 0.2) is 13.2 Å². The standard InChI is InChI=1S/C20H26N2O6S2/c1-4-6-15(2)21-18(23)13-28-19(24)14-27-17-10-8-16(9-11-17)22(3)30(25,26)20-7-5-12-29-20/h5,7-12,15H,4,6,13-14H2,1-3H3,(H,21,23). The predicted octanol–water partition coefficient (Wildman–Crippen LogP) is 2.80. The molecule has 1 N–H and O–H groups in total. The smallest absolute Gasteiger partial charge is 0.344 e. The van der Waals surface area contributed by atoms with Crippen LogP contribution in [-0.2, 0) is 24.3 Å². The lowest BCUT2D eigenvalue weighted by atomic mass is 10.2. The number of hydrogen-bond donors (Lipinski definition) is 1. The van der Waals surface area contributed by atoms with Gasteiger partial charge in [0.25, 0.3) is 15.9 Å². The van der Waals surface area contributed by atoms with E-state index < -0.39 is 16.0 Å². The van der Waals surface area contributed by atoms with Gasteiger partial charge in [0.2, 0.25) is 0 Å². The molecule has 164 valence electrons. The number of amides is 1. The molecule has 0 fully saturated rings. The molecule has 2 aromatic rings. The maximum absolute atomic E-state index is 12.5. The molecule has 1 amide bonds. The number of carbonyl (C=O) groups is 2. The number of carbonyl (C=O) groups excluding carboxylic acids is 2. The number of hydrogen-bond acceptors (Lipinski definition) is 7. The zero-order valence-corrected chi connectivity index (χ0v) is 18.8. The monoisotopic (exact) mass is 454 g/mol. The van der Waals surface area contributed by atoms with Crippen LogP contribution in [0.3, 0.4) is 0 Å². The number of anilines is 1. The topological polar surface area (TPSA) is 102 Å². The molecule has 30 heavy (non-hydrogen) atoms. The van der Waals surface area contributed by atoms with Gasteiger partial charge in [0.1, 0.15) is 9.96 Å². The van der Waals surface area contributed by atoms with E-state index in [0.717, 1.165) is 24.2 Å². The first-order valence-corrected chi connectivity index (χ1v) is 11.8. The Kier molecular flexibility index (Phi) is 8.67. The number of sulfonamides is 1. The highest BCUT2D eigenvalue weighted by molar-refractivity contribution is 7.94. The zero-order valence-electron chi connectivity index (χ0n) is 17.2. The van der Waals surface area contributed by atoms with Crippen molar-refractivity contribution in [2.75, 3.05) is 24.6 Å². The van der Waals surface area contributed by atoms with E-state index >= 15 is 0 Å². The third-order valence-corrected chi connectivity index (χ3v) is 7.32. The van der Waals surface area contributed by atoms with Gasteiger partial charge in [-0.15, -0.1) is 11.3 Å². The van der Waals surface area contributed by atoms with E-state index in [1.807, 2.05) is 13.8 Å². The molecule has 0 saturated heterocycles. The summed E-state index contributed by atoms with van der Waals surface area (Å²) in [4.78, 5) is 23.4. The third kappa shape index (κ3) is 6.74. The molecular formula is C20H26N2O6S2. The molecule has 0 spiro atoms. The Morgan fingerprint density at radius 2 is 1.87 bits per heavy atom. The van der Waals surface area contributed by atoms with Crippen LogP contribution in [0.1, 0.15) is 26.7 Å². The summed E-state index contributed by atoms with van der Waals surface area (Å²) in [5, 5.41) is 4.44. The summed E-state index contributed by atoms with van der Waals surface area (Å²) in [5.41, 5.74) is 0.455. The van der Waals surface area contributed by atoms with Crippen LogP contribution in [0.4, 0.5) is 5.69 Å². The maximum Gasteiger partial charge on any atom is 0.344 e. The van der Waals surface area contributed by atoms with Gasteiger partial charge >= 0.3 is 5.97 Å². The normalized spacial score (nSPS) is 12.1. The molecule has 0 aliphatic carbocycles. The van der Waals surface area contributed by atoms with Gasteiger partial charge in [0, 0.05) is 13.1 Å². The molecule has 1 aromatic heterocycles.